The van der Waals surface area contributed by atoms with Crippen molar-refractivity contribution in [3.05, 3.63) is 157 Å². The van der Waals surface area contributed by atoms with Crippen LogP contribution in [0, 0.1) is 42.5 Å². The van der Waals surface area contributed by atoms with Crippen molar-refractivity contribution in [3.63, 3.8) is 0 Å². The van der Waals surface area contributed by atoms with E-state index in [1.54, 1.807) is 0 Å². The fraction of sp³-hybridized carbons (Fsp3) is 0.234. The van der Waals surface area contributed by atoms with Crippen molar-refractivity contribution in [1.29, 1.82) is 0 Å². The van der Waals surface area contributed by atoms with Gasteiger partial charge in [-0.15, -0.1) is 87.3 Å². The molecule has 7 aromatic rings. The number of hydrogen-bond acceptors (Lipinski definition) is 0. The molecule has 268 valence electrons. The predicted molar refractivity (Wildman–Crippen MR) is 232 cm³/mol. The van der Waals surface area contributed by atoms with Crippen LogP contribution in [0.25, 0.3) is 54.6 Å². The van der Waals surface area contributed by atoms with E-state index in [4.69, 9.17) is 0 Å². The molecular formula is C47H54Cl2SiZr-4. The molecular weight excluding hydrogens is 755 g/mol. The van der Waals surface area contributed by atoms with Gasteiger partial charge in [0.25, 0.3) is 0 Å². The molecule has 0 aromatic heterocycles. The Hall–Kier alpha value is -2.74. The van der Waals surface area contributed by atoms with Crippen LogP contribution in [0.1, 0.15) is 73.9 Å². The number of aryl methyl sites for hydroxylation is 2. The Kier molecular flexibility index (Phi) is 17.6. The van der Waals surface area contributed by atoms with E-state index >= 15 is 0 Å². The average molecular weight is 809 g/mol. The van der Waals surface area contributed by atoms with Gasteiger partial charge in [-0.1, -0.05) is 144 Å². The zero-order valence-electron chi connectivity index (χ0n) is 32.3. The quantitative estimate of drug-likeness (QED) is 0.123. The maximum absolute atomic E-state index is 3.06. The molecule has 0 saturated carbocycles. The van der Waals surface area contributed by atoms with Gasteiger partial charge < -0.3 is 14.9 Å². The molecule has 0 N–H and O–H groups in total. The van der Waals surface area contributed by atoms with Crippen molar-refractivity contribution in [2.45, 2.75) is 73.6 Å². The van der Waals surface area contributed by atoms with Crippen LogP contribution in [0.2, 0.25) is 0 Å². The van der Waals surface area contributed by atoms with Crippen LogP contribution < -0.4 is 0 Å². The summed E-state index contributed by atoms with van der Waals surface area (Å²) in [4.78, 5) is 0. The first-order chi connectivity index (χ1) is 22.4. The van der Waals surface area contributed by atoms with Crippen LogP contribution in [0.3, 0.4) is 0 Å². The summed E-state index contributed by atoms with van der Waals surface area (Å²) in [5.41, 5.74) is 14.0. The molecule has 51 heavy (non-hydrogen) atoms. The van der Waals surface area contributed by atoms with Crippen LogP contribution in [0.5, 0.6) is 0 Å². The topological polar surface area (TPSA) is 0 Å². The van der Waals surface area contributed by atoms with Crippen molar-refractivity contribution < 1.29 is 23.3 Å². The average Bonchev–Trinajstić information content (AvgIpc) is 3.69. The molecule has 0 aliphatic rings. The number of halogens is 2. The van der Waals surface area contributed by atoms with Crippen LogP contribution in [0.15, 0.2) is 109 Å². The molecule has 2 radical (unpaired) electrons. The zero-order valence-corrected chi connectivity index (χ0v) is 37.4. The SMILES string of the molecule is CC(C)c1cc2c(-c3ccc(C(C)(C)C)cc3)cccc2[cH-]1.Cc1cc2c(-c3cccc4ccccc34)c(C)c(C)c(C)c2[cH-]1.Cl.Cl.[CH3-].[CH3-].[Si]=[Zr]. The molecule has 0 amide bonds. The number of benzene rings is 5. The molecule has 0 fully saturated rings. The third kappa shape index (κ3) is 9.63. The molecule has 0 nitrogen and oxygen atoms in total. The van der Waals surface area contributed by atoms with Crippen LogP contribution in [-0.4, -0.2) is 6.88 Å². The summed E-state index contributed by atoms with van der Waals surface area (Å²) in [6, 6.07) is 40.3. The third-order valence-electron chi connectivity index (χ3n) is 9.77. The maximum atomic E-state index is 3.06. The molecule has 0 bridgehead atoms. The Labute approximate surface area is 338 Å². The van der Waals surface area contributed by atoms with E-state index in [0.29, 0.717) is 5.92 Å². The Balaban J connectivity index is 0.000000453. The normalized spacial score (nSPS) is 10.5. The van der Waals surface area contributed by atoms with Crippen molar-refractivity contribution in [1.82, 2.24) is 0 Å². The van der Waals surface area contributed by atoms with Gasteiger partial charge in [0.05, 0.1) is 0 Å². The van der Waals surface area contributed by atoms with Crippen molar-refractivity contribution >= 4 is 64.0 Å². The van der Waals surface area contributed by atoms with Crippen molar-refractivity contribution in [2.75, 3.05) is 0 Å². The molecule has 0 spiro atoms. The predicted octanol–water partition coefficient (Wildman–Crippen LogP) is 14.6. The Morgan fingerprint density at radius 1 is 0.608 bits per heavy atom. The first-order valence-electron chi connectivity index (χ1n) is 16.6. The standard InChI is InChI=1S/C23H21.C22H25.2CH3.2ClH.Si.Zr/c1-14-12-21-16(3)15(2)17(4)23(22(21)13-14)20-11-7-9-18-8-5-6-10-19(18)20;1-15(2)18-13-17-7-6-8-20(21(17)14-18)16-9-11-19(12-10-16)22(3,4)5;;;;;;/h5-13H,1-4H3;6-15H,1-5H3;2*1H3;2*1H;;/q4*-1;;;;. The fourth-order valence-electron chi connectivity index (χ4n) is 6.83. The second-order valence-electron chi connectivity index (χ2n) is 14.2. The Morgan fingerprint density at radius 2 is 1.20 bits per heavy atom. The van der Waals surface area contributed by atoms with Crippen LogP contribution in [0.4, 0.5) is 0 Å². The van der Waals surface area contributed by atoms with Crippen molar-refractivity contribution in [3.8, 4) is 22.3 Å². The van der Waals surface area contributed by atoms with Gasteiger partial charge in [-0.3, -0.25) is 0 Å². The molecule has 0 saturated heterocycles. The van der Waals surface area contributed by atoms with E-state index in [1.807, 2.05) is 0 Å². The second-order valence-corrected chi connectivity index (χ2v) is 14.2. The van der Waals surface area contributed by atoms with E-state index in [9.17, 15) is 0 Å². The molecule has 0 heterocycles. The molecule has 0 aliphatic carbocycles. The summed E-state index contributed by atoms with van der Waals surface area (Å²) in [7, 11) is 0. The van der Waals surface area contributed by atoms with E-state index in [1.165, 1.54) is 111 Å². The molecule has 0 atom stereocenters. The zero-order chi connectivity index (χ0) is 34.0. The monoisotopic (exact) mass is 806 g/mol. The summed E-state index contributed by atoms with van der Waals surface area (Å²) >= 11 is 1.36. The number of rotatable bonds is 3. The summed E-state index contributed by atoms with van der Waals surface area (Å²) in [5, 5.41) is 8.14. The molecule has 7 aromatic carbocycles. The van der Waals surface area contributed by atoms with Gasteiger partial charge in [-0.2, -0.15) is 12.1 Å². The number of fused-ring (bicyclic) bond motifs is 3. The van der Waals surface area contributed by atoms with Crippen molar-refractivity contribution in [2.24, 2.45) is 0 Å². The van der Waals surface area contributed by atoms with E-state index in [0.717, 1.165) is 0 Å². The summed E-state index contributed by atoms with van der Waals surface area (Å²) in [6.07, 6.45) is 0. The third-order valence-corrected chi connectivity index (χ3v) is 9.77. The Bertz CT molecular complexity index is 2170. The van der Waals surface area contributed by atoms with Gasteiger partial charge in [0.2, 0.25) is 0 Å². The molecule has 0 aliphatic heterocycles. The summed E-state index contributed by atoms with van der Waals surface area (Å²) in [6.45, 7) is 23.3. The summed E-state index contributed by atoms with van der Waals surface area (Å²) < 4.78 is 0. The van der Waals surface area contributed by atoms with Gasteiger partial charge in [0, 0.05) is 0 Å². The van der Waals surface area contributed by atoms with Gasteiger partial charge in [-0.25, -0.2) is 0 Å². The van der Waals surface area contributed by atoms with E-state index < -0.39 is 0 Å². The van der Waals surface area contributed by atoms with Gasteiger partial charge in [-0.05, 0) is 52.6 Å². The van der Waals surface area contributed by atoms with Gasteiger partial charge in [0.15, 0.2) is 0 Å². The molecule has 7 rings (SSSR count). The second kappa shape index (κ2) is 19.4. The van der Waals surface area contributed by atoms with E-state index in [-0.39, 0.29) is 45.1 Å². The van der Waals surface area contributed by atoms with E-state index in [2.05, 4.69) is 178 Å². The molecule has 4 heteroatoms. The number of hydrogen-bond donors (Lipinski definition) is 0. The molecule has 0 unspecified atom stereocenters. The van der Waals surface area contributed by atoms with Crippen LogP contribution in [-0.2, 0) is 28.8 Å². The first kappa shape index (κ1) is 46.3. The van der Waals surface area contributed by atoms with Gasteiger partial charge in [0.1, 0.15) is 0 Å². The minimum atomic E-state index is 0. The minimum absolute atomic E-state index is 0. The fourth-order valence-corrected chi connectivity index (χ4v) is 6.83. The first-order valence-corrected chi connectivity index (χ1v) is 20.8. The van der Waals surface area contributed by atoms with Crippen LogP contribution >= 0.6 is 24.8 Å². The summed E-state index contributed by atoms with van der Waals surface area (Å²) in [5.74, 6) is 0.573. The van der Waals surface area contributed by atoms with Gasteiger partial charge >= 0.3 is 30.2 Å². The Morgan fingerprint density at radius 3 is 1.82 bits per heavy atom.